The number of rotatable bonds is 3. The molecule has 0 saturated heterocycles. The third kappa shape index (κ3) is 5.75. The van der Waals surface area contributed by atoms with Crippen LogP contribution in [0.5, 0.6) is 5.75 Å². The third-order valence-electron chi connectivity index (χ3n) is 4.15. The van der Waals surface area contributed by atoms with Crippen molar-refractivity contribution in [2.45, 2.75) is 39.2 Å². The first-order valence-electron chi connectivity index (χ1n) is 9.08. The molecule has 156 valence electrons. The molecule has 29 heavy (non-hydrogen) atoms. The van der Waals surface area contributed by atoms with Crippen LogP contribution in [0.2, 0.25) is 0 Å². The molecular weight excluding hydrogens is 387 g/mol. The summed E-state index contributed by atoms with van der Waals surface area (Å²) >= 11 is 0. The van der Waals surface area contributed by atoms with E-state index in [1.807, 2.05) is 26.8 Å². The van der Waals surface area contributed by atoms with Crippen molar-refractivity contribution >= 4 is 11.7 Å². The molecule has 0 aliphatic carbocycles. The fourth-order valence-electron chi connectivity index (χ4n) is 2.85. The molecule has 0 fully saturated rings. The van der Waals surface area contributed by atoms with Crippen LogP contribution in [0.25, 0.3) is 11.3 Å². The Morgan fingerprint density at radius 3 is 2.38 bits per heavy atom. The zero-order valence-corrected chi connectivity index (χ0v) is 16.4. The summed E-state index contributed by atoms with van der Waals surface area (Å²) in [4.78, 5) is 13.8. The zero-order valence-electron chi connectivity index (χ0n) is 16.4. The quantitative estimate of drug-likeness (QED) is 0.731. The van der Waals surface area contributed by atoms with Crippen molar-refractivity contribution in [3.05, 3.63) is 48.3 Å². The van der Waals surface area contributed by atoms with Crippen LogP contribution in [0.3, 0.4) is 0 Å². The highest BCUT2D eigenvalue weighted by atomic mass is 19.4. The zero-order chi connectivity index (χ0) is 21.2. The number of halogens is 3. The van der Waals surface area contributed by atoms with E-state index in [1.165, 1.54) is 24.3 Å². The standard InChI is InChI=1S/C20H22F3N3O3/c1-19(2,3)29-18(27)25-10-8-14(9-11-25)15-12-24-26(13-15)16-4-6-17(7-5-16)28-20(21,22)23/h4-8,12-13H,9-11H2,1-3H3. The summed E-state index contributed by atoms with van der Waals surface area (Å²) < 4.78 is 47.6. The number of alkyl halides is 3. The number of amides is 1. The summed E-state index contributed by atoms with van der Waals surface area (Å²) in [6.45, 7) is 6.46. The number of carbonyl (C=O) groups excluding carboxylic acids is 1. The minimum Gasteiger partial charge on any atom is -0.444 e. The average molecular weight is 409 g/mol. The lowest BCUT2D eigenvalue weighted by molar-refractivity contribution is -0.274. The van der Waals surface area contributed by atoms with E-state index in [9.17, 15) is 18.0 Å². The van der Waals surface area contributed by atoms with E-state index < -0.39 is 12.0 Å². The number of benzene rings is 1. The van der Waals surface area contributed by atoms with Crippen molar-refractivity contribution in [1.82, 2.24) is 14.7 Å². The second kappa shape index (κ2) is 7.81. The smallest absolute Gasteiger partial charge is 0.444 e. The largest absolute Gasteiger partial charge is 0.573 e. The normalized spacial score (nSPS) is 15.1. The fourth-order valence-corrected chi connectivity index (χ4v) is 2.85. The first-order chi connectivity index (χ1) is 13.5. The van der Waals surface area contributed by atoms with E-state index in [0.29, 0.717) is 25.2 Å². The van der Waals surface area contributed by atoms with Crippen molar-refractivity contribution in [2.24, 2.45) is 0 Å². The van der Waals surface area contributed by atoms with Gasteiger partial charge < -0.3 is 14.4 Å². The van der Waals surface area contributed by atoms with Crippen LogP contribution in [0.4, 0.5) is 18.0 Å². The van der Waals surface area contributed by atoms with E-state index >= 15 is 0 Å². The Labute approximate surface area is 166 Å². The van der Waals surface area contributed by atoms with Crippen molar-refractivity contribution in [1.29, 1.82) is 0 Å². The van der Waals surface area contributed by atoms with Gasteiger partial charge in [-0.1, -0.05) is 6.08 Å². The van der Waals surface area contributed by atoms with E-state index in [1.54, 1.807) is 22.0 Å². The molecule has 1 aromatic heterocycles. The number of carbonyl (C=O) groups is 1. The van der Waals surface area contributed by atoms with Gasteiger partial charge in [0.05, 0.1) is 11.9 Å². The number of aromatic nitrogens is 2. The first-order valence-corrected chi connectivity index (χ1v) is 9.08. The van der Waals surface area contributed by atoms with Crippen LogP contribution in [0.1, 0.15) is 32.8 Å². The van der Waals surface area contributed by atoms with Gasteiger partial charge >= 0.3 is 12.5 Å². The van der Waals surface area contributed by atoms with Gasteiger partial charge in [0, 0.05) is 24.8 Å². The molecular formula is C20H22F3N3O3. The second-order valence-corrected chi connectivity index (χ2v) is 7.62. The molecule has 1 aliphatic heterocycles. The molecule has 0 bridgehead atoms. The van der Waals surface area contributed by atoms with E-state index in [2.05, 4.69) is 9.84 Å². The molecule has 0 N–H and O–H groups in total. The van der Waals surface area contributed by atoms with Gasteiger partial charge in [0.25, 0.3) is 0 Å². The Morgan fingerprint density at radius 2 is 1.83 bits per heavy atom. The molecule has 1 aromatic carbocycles. The lowest BCUT2D eigenvalue weighted by Crippen LogP contribution is -2.39. The fraction of sp³-hybridized carbons (Fsp3) is 0.400. The summed E-state index contributed by atoms with van der Waals surface area (Å²) in [6, 6.07) is 5.47. The molecule has 3 rings (SSSR count). The predicted octanol–water partition coefficient (Wildman–Crippen LogP) is 4.80. The van der Waals surface area contributed by atoms with Crippen molar-refractivity contribution in [3.63, 3.8) is 0 Å². The van der Waals surface area contributed by atoms with Crippen LogP contribution in [-0.4, -0.2) is 45.8 Å². The SMILES string of the molecule is CC(C)(C)OC(=O)N1CC=C(c2cnn(-c3ccc(OC(F)(F)F)cc3)c2)CC1. The van der Waals surface area contributed by atoms with Gasteiger partial charge in [0.1, 0.15) is 11.4 Å². The summed E-state index contributed by atoms with van der Waals surface area (Å²) in [6.07, 6.45) is 1.04. The predicted molar refractivity (Wildman–Crippen MR) is 101 cm³/mol. The Balaban J connectivity index is 1.65. The number of nitrogens with zero attached hydrogens (tertiary/aromatic N) is 3. The van der Waals surface area contributed by atoms with Gasteiger partial charge in [-0.3, -0.25) is 0 Å². The van der Waals surface area contributed by atoms with Gasteiger partial charge in [0.2, 0.25) is 0 Å². The van der Waals surface area contributed by atoms with Crippen LogP contribution in [0, 0.1) is 0 Å². The molecule has 1 amide bonds. The Morgan fingerprint density at radius 1 is 1.14 bits per heavy atom. The number of hydrogen-bond acceptors (Lipinski definition) is 4. The maximum atomic E-state index is 12.3. The van der Waals surface area contributed by atoms with Gasteiger partial charge in [-0.15, -0.1) is 13.2 Å². The molecule has 2 heterocycles. The maximum Gasteiger partial charge on any atom is 0.573 e. The second-order valence-electron chi connectivity index (χ2n) is 7.62. The minimum absolute atomic E-state index is 0.286. The highest BCUT2D eigenvalue weighted by Crippen LogP contribution is 2.26. The average Bonchev–Trinajstić information content (AvgIpc) is 3.10. The Hall–Kier alpha value is -2.97. The summed E-state index contributed by atoms with van der Waals surface area (Å²) in [5, 5.41) is 4.28. The van der Waals surface area contributed by atoms with Gasteiger partial charge in [-0.25, -0.2) is 9.48 Å². The summed E-state index contributed by atoms with van der Waals surface area (Å²) in [7, 11) is 0. The number of ether oxygens (including phenoxy) is 2. The lowest BCUT2D eigenvalue weighted by atomic mass is 10.0. The molecule has 0 spiro atoms. The lowest BCUT2D eigenvalue weighted by Gasteiger charge is -2.29. The van der Waals surface area contributed by atoms with Gasteiger partial charge in [0.15, 0.2) is 0 Å². The van der Waals surface area contributed by atoms with Crippen molar-refractivity contribution < 1.29 is 27.4 Å². The monoisotopic (exact) mass is 409 g/mol. The van der Waals surface area contributed by atoms with Crippen LogP contribution in [0.15, 0.2) is 42.7 Å². The Bertz CT molecular complexity index is 896. The highest BCUT2D eigenvalue weighted by molar-refractivity contribution is 5.72. The third-order valence-corrected chi connectivity index (χ3v) is 4.15. The molecule has 0 radical (unpaired) electrons. The van der Waals surface area contributed by atoms with Crippen LogP contribution >= 0.6 is 0 Å². The van der Waals surface area contributed by atoms with Crippen molar-refractivity contribution in [3.8, 4) is 11.4 Å². The molecule has 0 unspecified atom stereocenters. The van der Waals surface area contributed by atoms with Gasteiger partial charge in [-0.05, 0) is 57.0 Å². The number of hydrogen-bond donors (Lipinski definition) is 0. The maximum absolute atomic E-state index is 12.3. The summed E-state index contributed by atoms with van der Waals surface area (Å²) in [5.41, 5.74) is 2.01. The molecule has 2 aromatic rings. The van der Waals surface area contributed by atoms with Gasteiger partial charge in [-0.2, -0.15) is 5.10 Å². The van der Waals surface area contributed by atoms with E-state index in [4.69, 9.17) is 4.74 Å². The molecule has 0 atom stereocenters. The molecule has 1 aliphatic rings. The Kier molecular flexibility index (Phi) is 5.59. The first kappa shape index (κ1) is 20.8. The minimum atomic E-state index is -4.72. The van der Waals surface area contributed by atoms with Crippen LogP contribution in [-0.2, 0) is 4.74 Å². The van der Waals surface area contributed by atoms with E-state index in [0.717, 1.165) is 11.1 Å². The van der Waals surface area contributed by atoms with Crippen LogP contribution < -0.4 is 4.74 Å². The van der Waals surface area contributed by atoms with Crippen molar-refractivity contribution in [2.75, 3.05) is 13.1 Å². The van der Waals surface area contributed by atoms with E-state index in [-0.39, 0.29) is 11.8 Å². The molecule has 0 saturated carbocycles. The highest BCUT2D eigenvalue weighted by Gasteiger charge is 2.31. The summed E-state index contributed by atoms with van der Waals surface area (Å²) in [5.74, 6) is -0.286. The molecule has 6 nitrogen and oxygen atoms in total. The molecule has 9 heteroatoms. The topological polar surface area (TPSA) is 56.6 Å².